The average Bonchev–Trinajstić information content (AvgIpc) is 2.67. The predicted molar refractivity (Wildman–Crippen MR) is 112 cm³/mol. The van der Waals surface area contributed by atoms with Crippen molar-refractivity contribution in [3.05, 3.63) is 0 Å². The van der Waals surface area contributed by atoms with Gasteiger partial charge in [0.2, 0.25) is 0 Å². The lowest BCUT2D eigenvalue weighted by atomic mass is 9.99. The Labute approximate surface area is 165 Å². The van der Waals surface area contributed by atoms with Gasteiger partial charge in [-0.1, -0.05) is 19.3 Å². The highest BCUT2D eigenvalue weighted by Gasteiger charge is 2.56. The molecular weight excluding hydrogens is 382 g/mol. The van der Waals surface area contributed by atoms with Crippen LogP contribution in [0.25, 0.3) is 0 Å². The average molecular weight is 422 g/mol. The second kappa shape index (κ2) is 11.6. The Morgan fingerprint density at radius 3 is 1.19 bits per heavy atom. The van der Waals surface area contributed by atoms with Gasteiger partial charge in [-0.25, -0.2) is 0 Å². The zero-order valence-electron chi connectivity index (χ0n) is 16.8. The van der Waals surface area contributed by atoms with Gasteiger partial charge in [0.1, 0.15) is 0 Å². The monoisotopic (exact) mass is 422 g/mol. The van der Waals surface area contributed by atoms with Crippen molar-refractivity contribution < 1.29 is 24.4 Å². The Morgan fingerprint density at radius 2 is 0.963 bits per heavy atom. The molecule has 0 saturated heterocycles. The smallest absolute Gasteiger partial charge is 0.262 e. The summed E-state index contributed by atoms with van der Waals surface area (Å²) in [6, 6.07) is 0. The first-order valence-corrected chi connectivity index (χ1v) is 14.8. The van der Waals surface area contributed by atoms with Crippen molar-refractivity contribution in [2.45, 2.75) is 113 Å². The van der Waals surface area contributed by atoms with Crippen LogP contribution >= 0.6 is 15.1 Å². The van der Waals surface area contributed by atoms with Crippen LogP contribution in [0.15, 0.2) is 0 Å². The van der Waals surface area contributed by atoms with Crippen LogP contribution in [0, 0.1) is 0 Å². The van der Waals surface area contributed by atoms with Gasteiger partial charge in [0.15, 0.2) is 0 Å². The highest BCUT2D eigenvalue weighted by Crippen LogP contribution is 2.76. The summed E-state index contributed by atoms with van der Waals surface area (Å²) in [5.41, 5.74) is 3.12. The van der Waals surface area contributed by atoms with Gasteiger partial charge in [0.25, 0.3) is 7.82 Å². The first kappa shape index (κ1) is 23.8. The van der Waals surface area contributed by atoms with Crippen LogP contribution in [0.1, 0.15) is 96.3 Å². The molecule has 0 aromatic heterocycles. The molecule has 160 valence electrons. The van der Waals surface area contributed by atoms with Crippen LogP contribution in [-0.4, -0.2) is 44.6 Å². The van der Waals surface area contributed by atoms with Crippen molar-refractivity contribution in [3.63, 3.8) is 0 Å². The SMILES string of the molecule is O=P([O-])(O)O.OCC[P+](C1CCCCC1)(C1CCCCC1)C1CCCCC1. The highest BCUT2D eigenvalue weighted by atomic mass is 31.2. The van der Waals surface area contributed by atoms with E-state index in [4.69, 9.17) is 19.2 Å². The van der Waals surface area contributed by atoms with E-state index in [1.54, 1.807) is 0 Å². The first-order chi connectivity index (χ1) is 12.9. The fourth-order valence-corrected chi connectivity index (χ4v) is 13.5. The van der Waals surface area contributed by atoms with Gasteiger partial charge < -0.3 is 19.8 Å². The number of phosphoric acid groups is 1. The summed E-state index contributed by atoms with van der Waals surface area (Å²) in [5, 5.41) is 10.0. The molecule has 3 rings (SSSR count). The lowest BCUT2D eigenvalue weighted by molar-refractivity contribution is -0.214. The Bertz CT molecular complexity index is 395. The van der Waals surface area contributed by atoms with Crippen molar-refractivity contribution >= 4 is 15.1 Å². The van der Waals surface area contributed by atoms with E-state index >= 15 is 0 Å². The lowest BCUT2D eigenvalue weighted by Crippen LogP contribution is -2.38. The standard InChI is InChI=1S/C20H38OP.H3O4P/c21-16-17-22(18-10-4-1-5-11-18,19-12-6-2-7-13-19)20-14-8-3-9-15-20;1-5(2,3)4/h18-21H,1-17H2;(H3,1,2,3,4)/q+1;/p-1. The van der Waals surface area contributed by atoms with Gasteiger partial charge in [-0.3, -0.25) is 4.57 Å². The fourth-order valence-electron chi connectivity index (χ4n) is 6.30. The molecule has 3 saturated carbocycles. The van der Waals surface area contributed by atoms with Crippen molar-refractivity contribution in [2.75, 3.05) is 12.8 Å². The molecule has 3 fully saturated rings. The third kappa shape index (κ3) is 7.36. The number of rotatable bonds is 5. The maximum Gasteiger partial charge on any atom is 0.262 e. The molecule has 3 N–H and O–H groups in total. The topological polar surface area (TPSA) is 101 Å². The zero-order valence-corrected chi connectivity index (χ0v) is 18.6. The first-order valence-electron chi connectivity index (χ1n) is 11.1. The van der Waals surface area contributed by atoms with Crippen molar-refractivity contribution in [1.29, 1.82) is 0 Å². The fraction of sp³-hybridized carbons (Fsp3) is 1.00. The molecule has 0 aromatic rings. The lowest BCUT2D eigenvalue weighted by Gasteiger charge is -2.48. The Hall–Kier alpha value is 0.500. The van der Waals surface area contributed by atoms with Gasteiger partial charge in [-0.2, -0.15) is 0 Å². The molecule has 0 aliphatic heterocycles. The molecule has 3 aliphatic carbocycles. The highest BCUT2D eigenvalue weighted by molar-refractivity contribution is 7.77. The third-order valence-corrected chi connectivity index (χ3v) is 13.9. The van der Waals surface area contributed by atoms with E-state index < -0.39 is 15.1 Å². The van der Waals surface area contributed by atoms with Crippen LogP contribution in [0.2, 0.25) is 0 Å². The molecular formula is C20H40O5P2. The molecule has 0 unspecified atom stereocenters. The van der Waals surface area contributed by atoms with E-state index in [9.17, 15) is 5.11 Å². The van der Waals surface area contributed by atoms with Gasteiger partial charge >= 0.3 is 0 Å². The summed E-state index contributed by atoms with van der Waals surface area (Å²) in [7, 11) is -5.86. The molecule has 0 amide bonds. The maximum absolute atomic E-state index is 10.0. The minimum absolute atomic E-state index is 0.483. The summed E-state index contributed by atoms with van der Waals surface area (Å²) in [4.78, 5) is 22.9. The molecule has 0 aromatic carbocycles. The van der Waals surface area contributed by atoms with E-state index in [0.717, 1.165) is 17.0 Å². The van der Waals surface area contributed by atoms with Crippen molar-refractivity contribution in [3.8, 4) is 0 Å². The molecule has 3 aliphatic rings. The van der Waals surface area contributed by atoms with Crippen molar-refractivity contribution in [1.82, 2.24) is 0 Å². The molecule has 0 radical (unpaired) electrons. The van der Waals surface area contributed by atoms with Crippen molar-refractivity contribution in [2.24, 2.45) is 0 Å². The Kier molecular flexibility index (Phi) is 10.2. The second-order valence-electron chi connectivity index (χ2n) is 8.81. The van der Waals surface area contributed by atoms with Gasteiger partial charge in [-0.05, 0) is 77.0 Å². The van der Waals surface area contributed by atoms with E-state index in [2.05, 4.69) is 0 Å². The molecule has 5 nitrogen and oxygen atoms in total. The minimum atomic E-state index is -4.89. The number of aliphatic hydroxyl groups is 1. The molecule has 0 heterocycles. The summed E-state index contributed by atoms with van der Waals surface area (Å²) in [6.45, 7) is 0.483. The molecule has 27 heavy (non-hydrogen) atoms. The summed E-state index contributed by atoms with van der Waals surface area (Å²) in [5.74, 6) is 0. The summed E-state index contributed by atoms with van der Waals surface area (Å²) < 4.78 is 8.77. The molecule has 0 atom stereocenters. The second-order valence-corrected chi connectivity index (χ2v) is 14.4. The van der Waals surface area contributed by atoms with Gasteiger partial charge in [0, 0.05) is 7.26 Å². The Morgan fingerprint density at radius 1 is 0.704 bits per heavy atom. The van der Waals surface area contributed by atoms with E-state index in [0.29, 0.717) is 6.61 Å². The number of hydrogen-bond donors (Lipinski definition) is 3. The quantitative estimate of drug-likeness (QED) is 0.569. The van der Waals surface area contributed by atoms with Crippen LogP contribution in [0.4, 0.5) is 0 Å². The maximum atomic E-state index is 10.0. The third-order valence-electron chi connectivity index (χ3n) is 7.25. The Balaban J connectivity index is 0.000000465. The molecule has 0 bridgehead atoms. The van der Waals surface area contributed by atoms with E-state index in [-0.39, 0.29) is 0 Å². The molecule has 0 spiro atoms. The van der Waals surface area contributed by atoms with Gasteiger partial charge in [0.05, 0.1) is 29.7 Å². The van der Waals surface area contributed by atoms with Gasteiger partial charge in [-0.15, -0.1) is 0 Å². The van der Waals surface area contributed by atoms with E-state index in [1.807, 2.05) is 0 Å². The van der Waals surface area contributed by atoms with Crippen LogP contribution in [-0.2, 0) is 4.57 Å². The normalized spacial score (nSPS) is 24.3. The predicted octanol–water partition coefficient (Wildman–Crippen LogP) is 4.43. The summed E-state index contributed by atoms with van der Waals surface area (Å²) in [6.07, 6.45) is 23.6. The minimum Gasteiger partial charge on any atom is -0.756 e. The molecule has 7 heteroatoms. The van der Waals surface area contributed by atoms with Crippen LogP contribution in [0.5, 0.6) is 0 Å². The zero-order chi connectivity index (χ0) is 19.8. The van der Waals surface area contributed by atoms with Crippen LogP contribution < -0.4 is 4.89 Å². The number of aliphatic hydroxyl groups excluding tert-OH is 1. The number of hydrogen-bond acceptors (Lipinski definition) is 3. The largest absolute Gasteiger partial charge is 0.756 e. The van der Waals surface area contributed by atoms with Crippen LogP contribution in [0.3, 0.4) is 0 Å². The summed E-state index contributed by atoms with van der Waals surface area (Å²) >= 11 is 0. The van der Waals surface area contributed by atoms with E-state index in [1.165, 1.54) is 102 Å².